The number of benzene rings is 1. The molecule has 4 nitrogen and oxygen atoms in total. The van der Waals surface area contributed by atoms with Gasteiger partial charge in [0.05, 0.1) is 30.5 Å². The Kier molecular flexibility index (Phi) is 2.07. The molecule has 14 heavy (non-hydrogen) atoms. The van der Waals surface area contributed by atoms with Crippen LogP contribution >= 0.6 is 0 Å². The summed E-state index contributed by atoms with van der Waals surface area (Å²) >= 11 is 0. The van der Waals surface area contributed by atoms with Gasteiger partial charge in [0.1, 0.15) is 12.3 Å². The lowest BCUT2D eigenvalue weighted by Crippen LogP contribution is -1.92. The number of fused-ring (bicyclic) bond motifs is 1. The van der Waals surface area contributed by atoms with Crippen LogP contribution in [0.15, 0.2) is 24.5 Å². The van der Waals surface area contributed by atoms with Gasteiger partial charge < -0.3 is 9.30 Å². The fourth-order valence-electron chi connectivity index (χ4n) is 1.37. The lowest BCUT2D eigenvalue weighted by Gasteiger charge is -2.00. The molecular weight excluding hydrogens is 178 g/mol. The molecule has 1 aromatic carbocycles. The van der Waals surface area contributed by atoms with Crippen molar-refractivity contribution >= 4 is 11.0 Å². The predicted octanol–water partition coefficient (Wildman–Crippen LogP) is 1.57. The number of hydrogen-bond donors (Lipinski definition) is 0. The van der Waals surface area contributed by atoms with Crippen molar-refractivity contribution in [3.63, 3.8) is 0 Å². The Hall–Kier alpha value is -2.02. The van der Waals surface area contributed by atoms with Gasteiger partial charge in [-0.15, -0.1) is 0 Å². The van der Waals surface area contributed by atoms with Crippen LogP contribution in [0.2, 0.25) is 0 Å². The molecular formula is C10H9N3O. The highest BCUT2D eigenvalue weighted by atomic mass is 16.5. The molecule has 2 rings (SSSR count). The van der Waals surface area contributed by atoms with Gasteiger partial charge in [-0.05, 0) is 12.1 Å². The Morgan fingerprint density at radius 3 is 3.14 bits per heavy atom. The first kappa shape index (κ1) is 8.57. The Morgan fingerprint density at radius 2 is 2.43 bits per heavy atom. The molecule has 0 spiro atoms. The maximum Gasteiger partial charge on any atom is 0.121 e. The normalized spacial score (nSPS) is 10.0. The third-order valence-corrected chi connectivity index (χ3v) is 2.07. The zero-order valence-electron chi connectivity index (χ0n) is 7.77. The first-order valence-corrected chi connectivity index (χ1v) is 4.21. The molecule has 0 saturated carbocycles. The number of rotatable bonds is 2. The summed E-state index contributed by atoms with van der Waals surface area (Å²) in [5, 5.41) is 8.59. The summed E-state index contributed by atoms with van der Waals surface area (Å²) in [6.45, 7) is 0.309. The highest BCUT2D eigenvalue weighted by molar-refractivity contribution is 5.77. The van der Waals surface area contributed by atoms with E-state index < -0.39 is 0 Å². The molecule has 1 aromatic heterocycles. The Labute approximate surface area is 81.4 Å². The number of ether oxygens (including phenoxy) is 1. The predicted molar refractivity (Wildman–Crippen MR) is 51.9 cm³/mol. The second-order valence-corrected chi connectivity index (χ2v) is 2.89. The van der Waals surface area contributed by atoms with E-state index >= 15 is 0 Å². The molecule has 1 heterocycles. The molecule has 70 valence electrons. The van der Waals surface area contributed by atoms with Crippen molar-refractivity contribution in [2.24, 2.45) is 0 Å². The van der Waals surface area contributed by atoms with Crippen molar-refractivity contribution in [3.05, 3.63) is 24.5 Å². The van der Waals surface area contributed by atoms with E-state index in [1.165, 1.54) is 0 Å². The molecule has 4 heteroatoms. The van der Waals surface area contributed by atoms with E-state index in [9.17, 15) is 0 Å². The van der Waals surface area contributed by atoms with Crippen molar-refractivity contribution in [1.82, 2.24) is 9.55 Å². The number of aromatic nitrogens is 2. The molecule has 0 aliphatic heterocycles. The highest BCUT2D eigenvalue weighted by Gasteiger charge is 2.02. The number of nitrogens with zero attached hydrogens (tertiary/aromatic N) is 3. The Morgan fingerprint density at radius 1 is 1.57 bits per heavy atom. The van der Waals surface area contributed by atoms with Gasteiger partial charge in [-0.2, -0.15) is 5.26 Å². The second-order valence-electron chi connectivity index (χ2n) is 2.89. The van der Waals surface area contributed by atoms with E-state index in [0.29, 0.717) is 6.54 Å². The smallest absolute Gasteiger partial charge is 0.121 e. The average Bonchev–Trinajstić information content (AvgIpc) is 2.61. The van der Waals surface area contributed by atoms with Gasteiger partial charge in [0.2, 0.25) is 0 Å². The SMILES string of the molecule is COc1ccc2ncn(CC#N)c2c1. The van der Waals surface area contributed by atoms with Crippen LogP contribution < -0.4 is 4.74 Å². The molecule has 0 bridgehead atoms. The molecule has 0 N–H and O–H groups in total. The van der Waals surface area contributed by atoms with Crippen LogP contribution in [0.4, 0.5) is 0 Å². The minimum atomic E-state index is 0.309. The van der Waals surface area contributed by atoms with Crippen LogP contribution in [0, 0.1) is 11.3 Å². The molecule has 0 aliphatic carbocycles. The monoisotopic (exact) mass is 187 g/mol. The van der Waals surface area contributed by atoms with Crippen molar-refractivity contribution in [2.45, 2.75) is 6.54 Å². The van der Waals surface area contributed by atoms with Gasteiger partial charge in [0, 0.05) is 6.07 Å². The van der Waals surface area contributed by atoms with Gasteiger partial charge in [0.15, 0.2) is 0 Å². The molecule has 0 saturated heterocycles. The zero-order chi connectivity index (χ0) is 9.97. The highest BCUT2D eigenvalue weighted by Crippen LogP contribution is 2.19. The largest absolute Gasteiger partial charge is 0.497 e. The van der Waals surface area contributed by atoms with Crippen LogP contribution in [0.5, 0.6) is 5.75 Å². The van der Waals surface area contributed by atoms with Crippen LogP contribution in [0.1, 0.15) is 0 Å². The van der Waals surface area contributed by atoms with E-state index in [0.717, 1.165) is 16.8 Å². The Balaban J connectivity index is 2.59. The molecule has 2 aromatic rings. The second kappa shape index (κ2) is 3.38. The lowest BCUT2D eigenvalue weighted by molar-refractivity contribution is 0.415. The standard InChI is InChI=1S/C10H9N3O/c1-14-8-2-3-9-10(6-8)13(5-4-11)7-12-9/h2-3,6-7H,5H2,1H3. The van der Waals surface area contributed by atoms with Crippen LogP contribution in [0.3, 0.4) is 0 Å². The van der Waals surface area contributed by atoms with E-state index in [1.54, 1.807) is 18.0 Å². The van der Waals surface area contributed by atoms with Gasteiger partial charge in [0.25, 0.3) is 0 Å². The fourth-order valence-corrected chi connectivity index (χ4v) is 1.37. The van der Waals surface area contributed by atoms with Gasteiger partial charge in [-0.1, -0.05) is 0 Å². The van der Waals surface area contributed by atoms with Crippen molar-refractivity contribution < 1.29 is 4.74 Å². The van der Waals surface area contributed by atoms with E-state index in [1.807, 2.05) is 18.2 Å². The molecule has 0 atom stereocenters. The molecule has 0 fully saturated rings. The average molecular weight is 187 g/mol. The maximum absolute atomic E-state index is 8.59. The summed E-state index contributed by atoms with van der Waals surface area (Å²) in [6, 6.07) is 7.69. The maximum atomic E-state index is 8.59. The lowest BCUT2D eigenvalue weighted by atomic mass is 10.3. The molecule has 0 radical (unpaired) electrons. The summed E-state index contributed by atoms with van der Waals surface area (Å²) in [7, 11) is 1.62. The summed E-state index contributed by atoms with van der Waals surface area (Å²) in [5.41, 5.74) is 1.80. The zero-order valence-corrected chi connectivity index (χ0v) is 7.77. The first-order chi connectivity index (χ1) is 6.85. The molecule has 0 unspecified atom stereocenters. The first-order valence-electron chi connectivity index (χ1n) is 4.21. The Bertz CT molecular complexity index is 496. The minimum absolute atomic E-state index is 0.309. The van der Waals surface area contributed by atoms with Crippen LogP contribution in [-0.4, -0.2) is 16.7 Å². The van der Waals surface area contributed by atoms with Crippen LogP contribution in [-0.2, 0) is 6.54 Å². The van der Waals surface area contributed by atoms with E-state index in [-0.39, 0.29) is 0 Å². The number of hydrogen-bond acceptors (Lipinski definition) is 3. The van der Waals surface area contributed by atoms with Gasteiger partial charge >= 0.3 is 0 Å². The molecule has 0 aliphatic rings. The third-order valence-electron chi connectivity index (χ3n) is 2.07. The third kappa shape index (κ3) is 1.29. The summed E-state index contributed by atoms with van der Waals surface area (Å²) in [4.78, 5) is 4.17. The van der Waals surface area contributed by atoms with Gasteiger partial charge in [-0.3, -0.25) is 0 Å². The van der Waals surface area contributed by atoms with Crippen LogP contribution in [0.25, 0.3) is 11.0 Å². The number of imidazole rings is 1. The van der Waals surface area contributed by atoms with Crippen molar-refractivity contribution in [1.29, 1.82) is 5.26 Å². The summed E-state index contributed by atoms with van der Waals surface area (Å²) < 4.78 is 6.89. The number of nitriles is 1. The van der Waals surface area contributed by atoms with Gasteiger partial charge in [-0.25, -0.2) is 4.98 Å². The summed E-state index contributed by atoms with van der Waals surface area (Å²) in [6.07, 6.45) is 1.66. The number of methoxy groups -OCH3 is 1. The minimum Gasteiger partial charge on any atom is -0.497 e. The van der Waals surface area contributed by atoms with Crippen molar-refractivity contribution in [3.8, 4) is 11.8 Å². The quantitative estimate of drug-likeness (QED) is 0.717. The summed E-state index contributed by atoms with van der Waals surface area (Å²) in [5.74, 6) is 0.775. The van der Waals surface area contributed by atoms with Crippen molar-refractivity contribution in [2.75, 3.05) is 7.11 Å². The molecule has 0 amide bonds. The van der Waals surface area contributed by atoms with E-state index in [4.69, 9.17) is 10.00 Å². The van der Waals surface area contributed by atoms with E-state index in [2.05, 4.69) is 11.1 Å². The fraction of sp³-hybridized carbons (Fsp3) is 0.200. The topological polar surface area (TPSA) is 50.8 Å².